The van der Waals surface area contributed by atoms with Gasteiger partial charge >= 0.3 is 5.97 Å². The third-order valence-electron chi connectivity index (χ3n) is 7.00. The van der Waals surface area contributed by atoms with Crippen LogP contribution in [0.1, 0.15) is 65.2 Å². The normalized spacial score (nSPS) is 47.3. The van der Waals surface area contributed by atoms with E-state index >= 15 is 0 Å². The fraction of sp³-hybridized carbons (Fsp3) is 0.889. The summed E-state index contributed by atoms with van der Waals surface area (Å²) in [6, 6.07) is 0. The molecule has 122 valence electrons. The number of amides is 1. The Morgan fingerprint density at radius 1 is 1.05 bits per heavy atom. The number of hydrogen-bond donors (Lipinski definition) is 2. The topological polar surface area (TPSA) is 66.4 Å². The summed E-state index contributed by atoms with van der Waals surface area (Å²) < 4.78 is 0. The van der Waals surface area contributed by atoms with Gasteiger partial charge in [0.1, 0.15) is 0 Å². The van der Waals surface area contributed by atoms with Crippen molar-refractivity contribution in [1.82, 2.24) is 5.32 Å². The molecule has 4 heteroatoms. The molecule has 5 saturated carbocycles. The Labute approximate surface area is 132 Å². The summed E-state index contributed by atoms with van der Waals surface area (Å²) in [4.78, 5) is 24.3. The molecular formula is C18H27NO3. The first kappa shape index (κ1) is 14.5. The lowest BCUT2D eigenvalue weighted by Crippen LogP contribution is -2.60. The number of carbonyl (C=O) groups excluding carboxylic acids is 1. The van der Waals surface area contributed by atoms with Gasteiger partial charge in [-0.3, -0.25) is 9.59 Å². The van der Waals surface area contributed by atoms with Crippen LogP contribution in [-0.2, 0) is 9.59 Å². The first-order valence-corrected chi connectivity index (χ1v) is 8.70. The van der Waals surface area contributed by atoms with E-state index in [0.717, 1.165) is 19.3 Å². The Kier molecular flexibility index (Phi) is 2.69. The van der Waals surface area contributed by atoms with Crippen LogP contribution in [-0.4, -0.2) is 23.5 Å². The maximum atomic E-state index is 13.0. The predicted molar refractivity (Wildman–Crippen MR) is 82.2 cm³/mol. The van der Waals surface area contributed by atoms with Gasteiger partial charge in [-0.15, -0.1) is 0 Å². The lowest BCUT2D eigenvalue weighted by molar-refractivity contribution is -0.170. The molecule has 0 spiro atoms. The molecule has 4 bridgehead atoms. The maximum Gasteiger partial charge on any atom is 0.311 e. The molecule has 2 unspecified atom stereocenters. The highest BCUT2D eigenvalue weighted by atomic mass is 16.4. The Morgan fingerprint density at radius 3 is 2.09 bits per heavy atom. The summed E-state index contributed by atoms with van der Waals surface area (Å²) in [5, 5.41) is 12.3. The molecule has 0 aromatic rings. The van der Waals surface area contributed by atoms with E-state index in [4.69, 9.17) is 0 Å². The van der Waals surface area contributed by atoms with Crippen molar-refractivity contribution in [3.63, 3.8) is 0 Å². The van der Waals surface area contributed by atoms with Gasteiger partial charge in [-0.1, -0.05) is 13.8 Å². The van der Waals surface area contributed by atoms with Gasteiger partial charge in [-0.2, -0.15) is 0 Å². The lowest BCUT2D eigenvalue weighted by Gasteiger charge is -2.64. The number of carboxylic acid groups (broad SMARTS) is 1. The van der Waals surface area contributed by atoms with Gasteiger partial charge in [-0.05, 0) is 68.1 Å². The van der Waals surface area contributed by atoms with Gasteiger partial charge in [0.25, 0.3) is 0 Å². The van der Waals surface area contributed by atoms with Crippen molar-refractivity contribution in [2.45, 2.75) is 65.2 Å². The molecule has 0 aromatic carbocycles. The number of aliphatic carboxylic acids is 1. The zero-order valence-electron chi connectivity index (χ0n) is 13.7. The molecular weight excluding hydrogens is 278 g/mol. The monoisotopic (exact) mass is 305 g/mol. The quantitative estimate of drug-likeness (QED) is 0.839. The largest absolute Gasteiger partial charge is 0.481 e. The Bertz CT molecular complexity index is 533. The van der Waals surface area contributed by atoms with Crippen LogP contribution in [0.3, 0.4) is 0 Å². The van der Waals surface area contributed by atoms with Crippen molar-refractivity contribution in [2.24, 2.45) is 27.6 Å². The molecule has 0 saturated heterocycles. The molecule has 2 N–H and O–H groups in total. The lowest BCUT2D eigenvalue weighted by atomic mass is 9.40. The minimum Gasteiger partial charge on any atom is -0.481 e. The number of rotatable bonds is 4. The van der Waals surface area contributed by atoms with E-state index < -0.39 is 11.4 Å². The first-order valence-electron chi connectivity index (χ1n) is 8.70. The summed E-state index contributed by atoms with van der Waals surface area (Å²) in [6.07, 6.45) is 8.22. The standard InChI is InChI=1S/C18H27NO3/c1-15-5-12-6-16(2,8-15)10-18(7-12,9-15)13(20)19-11-17(3-4-17)14(21)22/h12H,3-11H2,1-2H3,(H,19,20)(H,21,22). The van der Waals surface area contributed by atoms with Crippen LogP contribution < -0.4 is 5.32 Å². The van der Waals surface area contributed by atoms with Crippen molar-refractivity contribution in [3.05, 3.63) is 0 Å². The van der Waals surface area contributed by atoms with Gasteiger partial charge in [0, 0.05) is 6.54 Å². The van der Waals surface area contributed by atoms with Crippen molar-refractivity contribution in [2.75, 3.05) is 6.54 Å². The molecule has 0 radical (unpaired) electrons. The van der Waals surface area contributed by atoms with Gasteiger partial charge in [0.2, 0.25) is 5.91 Å². The molecule has 0 aliphatic heterocycles. The van der Waals surface area contributed by atoms with Crippen LogP contribution in [0.5, 0.6) is 0 Å². The van der Waals surface area contributed by atoms with E-state index in [1.165, 1.54) is 19.3 Å². The SMILES string of the molecule is CC12CC3CC(C)(C1)CC(C(=O)NCC1(C(=O)O)CC1)(C3)C2. The Balaban J connectivity index is 1.52. The summed E-state index contributed by atoms with van der Waals surface area (Å²) in [5.74, 6) is 0.0742. The highest BCUT2D eigenvalue weighted by Gasteiger charge is 2.63. The van der Waals surface area contributed by atoms with Crippen LogP contribution in [0.25, 0.3) is 0 Å². The third kappa shape index (κ3) is 2.02. The van der Waals surface area contributed by atoms with E-state index in [9.17, 15) is 14.7 Å². The molecule has 2 atom stereocenters. The molecule has 0 heterocycles. The number of hydrogen-bond acceptors (Lipinski definition) is 2. The van der Waals surface area contributed by atoms with Crippen LogP contribution in [0, 0.1) is 27.6 Å². The number of carboxylic acids is 1. The molecule has 0 aromatic heterocycles. The molecule has 22 heavy (non-hydrogen) atoms. The number of carbonyl (C=O) groups is 2. The highest BCUT2D eigenvalue weighted by molar-refractivity contribution is 5.85. The zero-order chi connectivity index (χ0) is 15.8. The first-order chi connectivity index (χ1) is 10.2. The molecule has 4 nitrogen and oxygen atoms in total. The highest BCUT2D eigenvalue weighted by Crippen LogP contribution is 2.69. The molecule has 5 aliphatic carbocycles. The minimum absolute atomic E-state index is 0.140. The van der Waals surface area contributed by atoms with E-state index in [1.54, 1.807) is 0 Å². The molecule has 1 amide bonds. The minimum atomic E-state index is -0.753. The second kappa shape index (κ2) is 4.07. The fourth-order valence-electron chi connectivity index (χ4n) is 6.76. The van der Waals surface area contributed by atoms with E-state index in [2.05, 4.69) is 19.2 Å². The van der Waals surface area contributed by atoms with Crippen molar-refractivity contribution >= 4 is 11.9 Å². The van der Waals surface area contributed by atoms with Crippen LogP contribution in [0.4, 0.5) is 0 Å². The Hall–Kier alpha value is -1.06. The molecule has 5 aliphatic rings. The summed E-state index contributed by atoms with van der Waals surface area (Å²) >= 11 is 0. The van der Waals surface area contributed by atoms with Crippen molar-refractivity contribution in [3.8, 4) is 0 Å². The second-order valence-electron chi connectivity index (χ2n) is 9.68. The van der Waals surface area contributed by atoms with E-state index in [1.807, 2.05) is 0 Å². The average molecular weight is 305 g/mol. The smallest absolute Gasteiger partial charge is 0.311 e. The van der Waals surface area contributed by atoms with Gasteiger partial charge in [0.15, 0.2) is 0 Å². The van der Waals surface area contributed by atoms with Gasteiger partial charge in [-0.25, -0.2) is 0 Å². The predicted octanol–water partition coefficient (Wildman–Crippen LogP) is 2.96. The van der Waals surface area contributed by atoms with E-state index in [0.29, 0.717) is 36.1 Å². The maximum absolute atomic E-state index is 13.0. The summed E-state index contributed by atoms with van der Waals surface area (Å²) in [7, 11) is 0. The van der Waals surface area contributed by atoms with Crippen molar-refractivity contribution < 1.29 is 14.7 Å². The van der Waals surface area contributed by atoms with Crippen molar-refractivity contribution in [1.29, 1.82) is 0 Å². The average Bonchev–Trinajstić information content (AvgIpc) is 3.12. The molecule has 5 fully saturated rings. The van der Waals surface area contributed by atoms with Crippen LogP contribution >= 0.6 is 0 Å². The van der Waals surface area contributed by atoms with E-state index in [-0.39, 0.29) is 11.3 Å². The van der Waals surface area contributed by atoms with Gasteiger partial charge < -0.3 is 10.4 Å². The zero-order valence-corrected chi connectivity index (χ0v) is 13.7. The number of nitrogens with one attached hydrogen (secondary N) is 1. The van der Waals surface area contributed by atoms with Gasteiger partial charge in [0.05, 0.1) is 10.8 Å². The van der Waals surface area contributed by atoms with Crippen LogP contribution in [0.15, 0.2) is 0 Å². The van der Waals surface area contributed by atoms with Crippen LogP contribution in [0.2, 0.25) is 0 Å². The summed E-state index contributed by atoms with van der Waals surface area (Å²) in [5.41, 5.74) is -0.256. The fourth-order valence-corrected chi connectivity index (χ4v) is 6.76. The Morgan fingerprint density at radius 2 is 1.64 bits per heavy atom. The molecule has 5 rings (SSSR count). The second-order valence-corrected chi connectivity index (χ2v) is 9.68. The summed E-state index contributed by atoms with van der Waals surface area (Å²) in [6.45, 7) is 5.04. The third-order valence-corrected chi connectivity index (χ3v) is 7.00.